The minimum atomic E-state index is -0.245. The molecule has 0 aliphatic carbocycles. The van der Waals surface area contributed by atoms with Crippen LogP contribution in [-0.2, 0) is 9.59 Å². The van der Waals surface area contributed by atoms with E-state index in [0.29, 0.717) is 24.3 Å². The van der Waals surface area contributed by atoms with Crippen LogP contribution in [0.5, 0.6) is 11.5 Å². The van der Waals surface area contributed by atoms with E-state index in [4.69, 9.17) is 9.47 Å². The second kappa shape index (κ2) is 9.43. The highest BCUT2D eigenvalue weighted by atomic mass is 16.5. The summed E-state index contributed by atoms with van der Waals surface area (Å²) in [5.41, 5.74) is 2.55. The largest absolute Gasteiger partial charge is 0.497 e. The van der Waals surface area contributed by atoms with Gasteiger partial charge in [0.25, 0.3) is 5.91 Å². The van der Waals surface area contributed by atoms with Gasteiger partial charge in [0.2, 0.25) is 5.91 Å². The molecule has 30 heavy (non-hydrogen) atoms. The third-order valence-electron chi connectivity index (χ3n) is 5.17. The highest BCUT2D eigenvalue weighted by Crippen LogP contribution is 2.36. The van der Waals surface area contributed by atoms with Crippen LogP contribution in [0.2, 0.25) is 0 Å². The number of nitrogens with zero attached hydrogens (tertiary/aromatic N) is 3. The molecule has 0 unspecified atom stereocenters. The van der Waals surface area contributed by atoms with E-state index in [9.17, 15) is 9.59 Å². The van der Waals surface area contributed by atoms with E-state index >= 15 is 0 Å². The third-order valence-corrected chi connectivity index (χ3v) is 5.17. The minimum absolute atomic E-state index is 0.0213. The van der Waals surface area contributed by atoms with E-state index in [2.05, 4.69) is 5.10 Å². The van der Waals surface area contributed by atoms with Crippen LogP contribution in [-0.4, -0.2) is 55.2 Å². The lowest BCUT2D eigenvalue weighted by atomic mass is 9.98. The van der Waals surface area contributed by atoms with Crippen LogP contribution in [0.3, 0.4) is 0 Å². The van der Waals surface area contributed by atoms with E-state index in [1.54, 1.807) is 34.3 Å². The van der Waals surface area contributed by atoms with Gasteiger partial charge in [-0.15, -0.1) is 0 Å². The molecule has 1 aliphatic heterocycles. The SMILES string of the molecule is CCC(=O)N(C)CC(=O)N1N=C(c2ccc(OC)cc2OC)C[C@H]1c1ccccc1. The zero-order chi connectivity index (χ0) is 21.7. The molecule has 0 bridgehead atoms. The third kappa shape index (κ3) is 4.45. The molecular formula is C23H27N3O4. The van der Waals surface area contributed by atoms with Crippen molar-refractivity contribution < 1.29 is 19.1 Å². The van der Waals surface area contributed by atoms with Crippen LogP contribution in [0.4, 0.5) is 0 Å². The molecule has 7 heteroatoms. The van der Waals surface area contributed by atoms with Crippen LogP contribution < -0.4 is 9.47 Å². The van der Waals surface area contributed by atoms with E-state index < -0.39 is 0 Å². The fraction of sp³-hybridized carbons (Fsp3) is 0.348. The number of hydrogen-bond acceptors (Lipinski definition) is 5. The van der Waals surface area contributed by atoms with Gasteiger partial charge in [-0.25, -0.2) is 5.01 Å². The smallest absolute Gasteiger partial charge is 0.262 e. The highest BCUT2D eigenvalue weighted by molar-refractivity contribution is 6.05. The predicted molar refractivity (Wildman–Crippen MR) is 115 cm³/mol. The first-order valence-electron chi connectivity index (χ1n) is 9.89. The Balaban J connectivity index is 1.95. The van der Waals surface area contributed by atoms with Gasteiger partial charge in [-0.3, -0.25) is 9.59 Å². The number of hydrogen-bond donors (Lipinski definition) is 0. The van der Waals surface area contributed by atoms with Crippen molar-refractivity contribution in [3.05, 3.63) is 59.7 Å². The summed E-state index contributed by atoms with van der Waals surface area (Å²) in [6, 6.07) is 15.1. The summed E-state index contributed by atoms with van der Waals surface area (Å²) < 4.78 is 10.8. The Morgan fingerprint density at radius 3 is 2.50 bits per heavy atom. The van der Waals surface area contributed by atoms with Crippen molar-refractivity contribution >= 4 is 17.5 Å². The van der Waals surface area contributed by atoms with E-state index in [1.807, 2.05) is 42.5 Å². The van der Waals surface area contributed by atoms with Crippen LogP contribution in [0.15, 0.2) is 53.6 Å². The quantitative estimate of drug-likeness (QED) is 0.704. The number of carbonyl (C=O) groups is 2. The Labute approximate surface area is 176 Å². The number of methoxy groups -OCH3 is 2. The molecule has 2 aromatic rings. The topological polar surface area (TPSA) is 71.4 Å². The standard InChI is InChI=1S/C23H27N3O4/c1-5-22(27)25(2)15-23(28)26-20(16-9-7-6-8-10-16)14-19(24-26)18-12-11-17(29-3)13-21(18)30-4/h6-13,20H,5,14-15H2,1-4H3/t20-/m0/s1. The van der Waals surface area contributed by atoms with Gasteiger partial charge in [0.1, 0.15) is 18.0 Å². The van der Waals surface area contributed by atoms with Crippen molar-refractivity contribution in [3.63, 3.8) is 0 Å². The van der Waals surface area contributed by atoms with Gasteiger partial charge in [0.15, 0.2) is 0 Å². The Bertz CT molecular complexity index is 943. The average Bonchev–Trinajstić information content (AvgIpc) is 3.24. The van der Waals surface area contributed by atoms with Crippen LogP contribution in [0.25, 0.3) is 0 Å². The van der Waals surface area contributed by atoms with Crippen LogP contribution >= 0.6 is 0 Å². The Morgan fingerprint density at radius 1 is 1.13 bits per heavy atom. The fourth-order valence-electron chi connectivity index (χ4n) is 3.51. The van der Waals surface area contributed by atoms with Gasteiger partial charge < -0.3 is 14.4 Å². The Kier molecular flexibility index (Phi) is 6.72. The van der Waals surface area contributed by atoms with E-state index in [1.165, 1.54) is 9.91 Å². The lowest BCUT2D eigenvalue weighted by molar-refractivity contribution is -0.140. The first kappa shape index (κ1) is 21.4. The van der Waals surface area contributed by atoms with Crippen molar-refractivity contribution in [2.24, 2.45) is 5.10 Å². The van der Waals surface area contributed by atoms with Crippen molar-refractivity contribution in [2.75, 3.05) is 27.8 Å². The fourth-order valence-corrected chi connectivity index (χ4v) is 3.51. The van der Waals surface area contributed by atoms with Gasteiger partial charge in [0, 0.05) is 31.5 Å². The Morgan fingerprint density at radius 2 is 1.87 bits per heavy atom. The summed E-state index contributed by atoms with van der Waals surface area (Å²) in [4.78, 5) is 26.4. The molecule has 1 heterocycles. The maximum atomic E-state index is 13.1. The molecule has 0 saturated heterocycles. The number of rotatable bonds is 7. The number of ether oxygens (including phenoxy) is 2. The van der Waals surface area contributed by atoms with E-state index in [0.717, 1.165) is 16.8 Å². The molecule has 7 nitrogen and oxygen atoms in total. The summed E-state index contributed by atoms with van der Waals surface area (Å²) in [7, 11) is 4.83. The monoisotopic (exact) mass is 409 g/mol. The van der Waals surface area contributed by atoms with Gasteiger partial charge in [-0.05, 0) is 17.7 Å². The van der Waals surface area contributed by atoms with Crippen molar-refractivity contribution in [2.45, 2.75) is 25.8 Å². The normalized spacial score (nSPS) is 15.5. The first-order chi connectivity index (χ1) is 14.5. The van der Waals surface area contributed by atoms with Crippen molar-refractivity contribution in [1.29, 1.82) is 0 Å². The molecule has 0 saturated carbocycles. The lowest BCUT2D eigenvalue weighted by Crippen LogP contribution is -2.38. The molecule has 1 atom stereocenters. The molecule has 3 rings (SSSR count). The second-order valence-corrected chi connectivity index (χ2v) is 7.09. The maximum Gasteiger partial charge on any atom is 0.262 e. The Hall–Kier alpha value is -3.35. The molecule has 2 aromatic carbocycles. The van der Waals surface area contributed by atoms with E-state index in [-0.39, 0.29) is 24.4 Å². The average molecular weight is 409 g/mol. The molecule has 0 aromatic heterocycles. The van der Waals surface area contributed by atoms with Crippen molar-refractivity contribution in [1.82, 2.24) is 9.91 Å². The number of hydrazone groups is 1. The molecule has 158 valence electrons. The van der Waals surface area contributed by atoms with Crippen LogP contribution in [0.1, 0.15) is 36.9 Å². The summed E-state index contributed by atoms with van der Waals surface area (Å²) >= 11 is 0. The molecular weight excluding hydrogens is 382 g/mol. The molecule has 0 spiro atoms. The summed E-state index contributed by atoms with van der Waals surface area (Å²) in [5, 5.41) is 6.15. The van der Waals surface area contributed by atoms with Gasteiger partial charge in [-0.2, -0.15) is 5.10 Å². The summed E-state index contributed by atoms with van der Waals surface area (Å²) in [6.45, 7) is 1.75. The number of carbonyl (C=O) groups excluding carboxylic acids is 2. The zero-order valence-electron chi connectivity index (χ0n) is 17.8. The minimum Gasteiger partial charge on any atom is -0.497 e. The summed E-state index contributed by atoms with van der Waals surface area (Å²) in [6.07, 6.45) is 0.896. The first-order valence-corrected chi connectivity index (χ1v) is 9.89. The second-order valence-electron chi connectivity index (χ2n) is 7.09. The van der Waals surface area contributed by atoms with Crippen LogP contribution in [0, 0.1) is 0 Å². The van der Waals surface area contributed by atoms with Gasteiger partial charge >= 0.3 is 0 Å². The number of amides is 2. The van der Waals surface area contributed by atoms with Gasteiger partial charge in [0.05, 0.1) is 26.0 Å². The lowest BCUT2D eigenvalue weighted by Gasteiger charge is -2.24. The molecule has 1 aliphatic rings. The highest BCUT2D eigenvalue weighted by Gasteiger charge is 2.34. The molecule has 0 fully saturated rings. The molecule has 0 radical (unpaired) electrons. The predicted octanol–water partition coefficient (Wildman–Crippen LogP) is 3.25. The zero-order valence-corrected chi connectivity index (χ0v) is 17.8. The number of benzene rings is 2. The molecule has 0 N–H and O–H groups in total. The molecule has 2 amide bonds. The maximum absolute atomic E-state index is 13.1. The summed E-state index contributed by atoms with van der Waals surface area (Å²) in [5.74, 6) is 1.00. The number of likely N-dealkylation sites (N-methyl/N-ethyl adjacent to an activating group) is 1. The van der Waals surface area contributed by atoms with Crippen molar-refractivity contribution in [3.8, 4) is 11.5 Å². The van der Waals surface area contributed by atoms with Gasteiger partial charge in [-0.1, -0.05) is 37.3 Å².